The number of halogens is 1. The molecule has 0 saturated carbocycles. The zero-order valence-corrected chi connectivity index (χ0v) is 13.1. The standard InChI is InChI=1S/C14H27FO2S/c1-11(2)12(13(16)17-14(3,4)5)18-10-8-6-7-9-15/h11-12H,6-10H2,1-5H3. The Morgan fingerprint density at radius 1 is 1.22 bits per heavy atom. The van der Waals surface area contributed by atoms with Crippen molar-refractivity contribution in [3.63, 3.8) is 0 Å². The Balaban J connectivity index is 4.10. The van der Waals surface area contributed by atoms with Crippen LogP contribution >= 0.6 is 11.8 Å². The zero-order chi connectivity index (χ0) is 14.2. The van der Waals surface area contributed by atoms with Crippen LogP contribution in [-0.4, -0.2) is 29.2 Å². The number of carbonyl (C=O) groups excluding carboxylic acids is 1. The maximum Gasteiger partial charge on any atom is 0.319 e. The third kappa shape index (κ3) is 8.78. The molecule has 108 valence electrons. The van der Waals surface area contributed by atoms with Crippen molar-refractivity contribution in [2.24, 2.45) is 5.92 Å². The van der Waals surface area contributed by atoms with Gasteiger partial charge in [0.15, 0.2) is 0 Å². The van der Waals surface area contributed by atoms with Crippen molar-refractivity contribution in [3.8, 4) is 0 Å². The van der Waals surface area contributed by atoms with Crippen LogP contribution in [0, 0.1) is 5.92 Å². The molecule has 0 amide bonds. The SMILES string of the molecule is CC(C)C(SCCCCCF)C(=O)OC(C)(C)C. The molecule has 0 radical (unpaired) electrons. The Bertz CT molecular complexity index is 236. The first-order chi connectivity index (χ1) is 8.28. The summed E-state index contributed by atoms with van der Waals surface area (Å²) in [6, 6.07) is 0. The second-order valence-corrected chi connectivity index (χ2v) is 7.07. The quantitative estimate of drug-likeness (QED) is 0.491. The Kier molecular flexibility index (Phi) is 8.66. The topological polar surface area (TPSA) is 26.3 Å². The molecule has 0 heterocycles. The van der Waals surface area contributed by atoms with Gasteiger partial charge in [-0.1, -0.05) is 20.3 Å². The van der Waals surface area contributed by atoms with Gasteiger partial charge in [0.2, 0.25) is 0 Å². The molecule has 0 aromatic heterocycles. The van der Waals surface area contributed by atoms with E-state index in [4.69, 9.17) is 4.74 Å². The van der Waals surface area contributed by atoms with Crippen LogP contribution in [-0.2, 0) is 9.53 Å². The molecule has 18 heavy (non-hydrogen) atoms. The fourth-order valence-corrected chi connectivity index (χ4v) is 2.67. The summed E-state index contributed by atoms with van der Waals surface area (Å²) in [7, 11) is 0. The summed E-state index contributed by atoms with van der Waals surface area (Å²) in [5.74, 6) is 1.02. The highest BCUT2D eigenvalue weighted by Gasteiger charge is 2.27. The van der Waals surface area contributed by atoms with Crippen LogP contribution in [0.2, 0.25) is 0 Å². The molecule has 0 bridgehead atoms. The van der Waals surface area contributed by atoms with Gasteiger partial charge in [0, 0.05) is 0 Å². The molecule has 1 atom stereocenters. The van der Waals surface area contributed by atoms with Gasteiger partial charge in [0.25, 0.3) is 0 Å². The number of ether oxygens (including phenoxy) is 1. The van der Waals surface area contributed by atoms with E-state index >= 15 is 0 Å². The Hall–Kier alpha value is -0.250. The van der Waals surface area contributed by atoms with E-state index in [2.05, 4.69) is 0 Å². The van der Waals surface area contributed by atoms with Crippen molar-refractivity contribution >= 4 is 17.7 Å². The minimum Gasteiger partial charge on any atom is -0.459 e. The highest BCUT2D eigenvalue weighted by molar-refractivity contribution is 8.00. The van der Waals surface area contributed by atoms with Crippen LogP contribution in [0.5, 0.6) is 0 Å². The molecule has 0 aliphatic rings. The lowest BCUT2D eigenvalue weighted by atomic mass is 10.1. The van der Waals surface area contributed by atoms with Crippen molar-refractivity contribution in [3.05, 3.63) is 0 Å². The van der Waals surface area contributed by atoms with E-state index in [0.29, 0.717) is 6.42 Å². The molecule has 0 rings (SSSR count). The number of alkyl halides is 1. The molecule has 4 heteroatoms. The van der Waals surface area contributed by atoms with E-state index in [-0.39, 0.29) is 23.8 Å². The smallest absolute Gasteiger partial charge is 0.319 e. The van der Waals surface area contributed by atoms with Gasteiger partial charge in [-0.15, -0.1) is 11.8 Å². The van der Waals surface area contributed by atoms with E-state index in [9.17, 15) is 9.18 Å². The molecule has 0 aromatic carbocycles. The highest BCUT2D eigenvalue weighted by atomic mass is 32.2. The number of esters is 1. The number of hydrogen-bond acceptors (Lipinski definition) is 3. The fraction of sp³-hybridized carbons (Fsp3) is 0.929. The van der Waals surface area contributed by atoms with Crippen molar-refractivity contribution in [1.29, 1.82) is 0 Å². The van der Waals surface area contributed by atoms with Gasteiger partial charge in [-0.2, -0.15) is 0 Å². The molecule has 0 aliphatic heterocycles. The summed E-state index contributed by atoms with van der Waals surface area (Å²) in [5.41, 5.74) is -0.432. The molecule has 0 spiro atoms. The number of rotatable bonds is 8. The van der Waals surface area contributed by atoms with Gasteiger partial charge in [0.05, 0.1) is 6.67 Å². The average molecular weight is 278 g/mol. The summed E-state index contributed by atoms with van der Waals surface area (Å²) in [6.45, 7) is 9.47. The Labute approximate surface area is 115 Å². The summed E-state index contributed by atoms with van der Waals surface area (Å²) in [5, 5.41) is -0.116. The normalized spacial score (nSPS) is 13.7. The summed E-state index contributed by atoms with van der Waals surface area (Å²) < 4.78 is 17.4. The Morgan fingerprint density at radius 2 is 1.83 bits per heavy atom. The molecule has 0 fully saturated rings. The van der Waals surface area contributed by atoms with E-state index in [1.54, 1.807) is 11.8 Å². The fourth-order valence-electron chi connectivity index (χ4n) is 1.48. The zero-order valence-electron chi connectivity index (χ0n) is 12.3. The van der Waals surface area contributed by atoms with Gasteiger partial charge in [-0.3, -0.25) is 9.18 Å². The minimum absolute atomic E-state index is 0.116. The predicted octanol–water partition coefficient (Wildman–Crippen LogP) is 4.23. The van der Waals surface area contributed by atoms with Gasteiger partial charge in [0.1, 0.15) is 10.9 Å². The molecule has 0 N–H and O–H groups in total. The van der Waals surface area contributed by atoms with Crippen LogP contribution in [0.15, 0.2) is 0 Å². The van der Waals surface area contributed by atoms with E-state index in [1.165, 1.54) is 0 Å². The molecular weight excluding hydrogens is 251 g/mol. The summed E-state index contributed by atoms with van der Waals surface area (Å²) >= 11 is 1.63. The van der Waals surface area contributed by atoms with Crippen molar-refractivity contribution < 1.29 is 13.9 Å². The van der Waals surface area contributed by atoms with E-state index < -0.39 is 5.60 Å². The Morgan fingerprint density at radius 3 is 2.28 bits per heavy atom. The third-order valence-corrected chi connectivity index (χ3v) is 3.94. The summed E-state index contributed by atoms with van der Waals surface area (Å²) in [4.78, 5) is 12.0. The molecule has 0 aliphatic carbocycles. The molecule has 2 nitrogen and oxygen atoms in total. The van der Waals surface area contributed by atoms with Crippen LogP contribution in [0.25, 0.3) is 0 Å². The predicted molar refractivity (Wildman–Crippen MR) is 76.8 cm³/mol. The summed E-state index contributed by atoms with van der Waals surface area (Å²) in [6.07, 6.45) is 2.47. The molecule has 1 unspecified atom stereocenters. The minimum atomic E-state index is -0.432. The van der Waals surface area contributed by atoms with E-state index in [1.807, 2.05) is 34.6 Å². The first kappa shape index (κ1) is 17.8. The second-order valence-electron chi connectivity index (χ2n) is 5.82. The number of thioether (sulfide) groups is 1. The monoisotopic (exact) mass is 278 g/mol. The lowest BCUT2D eigenvalue weighted by Crippen LogP contribution is -2.33. The first-order valence-electron chi connectivity index (χ1n) is 6.68. The number of unbranched alkanes of at least 4 members (excludes halogenated alkanes) is 2. The van der Waals surface area contributed by atoms with E-state index in [0.717, 1.165) is 18.6 Å². The molecular formula is C14H27FO2S. The number of carbonyl (C=O) groups is 1. The maximum absolute atomic E-state index is 12.0. The van der Waals surface area contributed by atoms with Crippen LogP contribution in [0.4, 0.5) is 4.39 Å². The van der Waals surface area contributed by atoms with Crippen LogP contribution in [0.3, 0.4) is 0 Å². The number of hydrogen-bond donors (Lipinski definition) is 0. The van der Waals surface area contributed by atoms with Gasteiger partial charge >= 0.3 is 5.97 Å². The lowest BCUT2D eigenvalue weighted by molar-refractivity contribution is -0.154. The maximum atomic E-state index is 12.0. The van der Waals surface area contributed by atoms with Crippen molar-refractivity contribution in [2.45, 2.75) is 64.7 Å². The van der Waals surface area contributed by atoms with Gasteiger partial charge < -0.3 is 4.74 Å². The largest absolute Gasteiger partial charge is 0.459 e. The van der Waals surface area contributed by atoms with Gasteiger partial charge in [-0.05, 0) is 45.3 Å². The van der Waals surface area contributed by atoms with Crippen LogP contribution in [0.1, 0.15) is 53.9 Å². The first-order valence-corrected chi connectivity index (χ1v) is 7.73. The molecule has 0 aromatic rings. The second kappa shape index (κ2) is 8.78. The van der Waals surface area contributed by atoms with Gasteiger partial charge in [-0.25, -0.2) is 0 Å². The highest BCUT2D eigenvalue weighted by Crippen LogP contribution is 2.24. The third-order valence-electron chi connectivity index (χ3n) is 2.32. The average Bonchev–Trinajstić information content (AvgIpc) is 2.19. The van der Waals surface area contributed by atoms with Crippen molar-refractivity contribution in [2.75, 3.05) is 12.4 Å². The van der Waals surface area contributed by atoms with Crippen molar-refractivity contribution in [1.82, 2.24) is 0 Å². The lowest BCUT2D eigenvalue weighted by Gasteiger charge is -2.25. The van der Waals surface area contributed by atoms with Crippen LogP contribution < -0.4 is 0 Å². The molecule has 0 saturated heterocycles.